The van der Waals surface area contributed by atoms with Crippen LogP contribution in [-0.4, -0.2) is 35.2 Å². The second-order valence-electron chi connectivity index (χ2n) is 4.13. The van der Waals surface area contributed by atoms with Crippen molar-refractivity contribution in [1.82, 2.24) is 4.90 Å². The Morgan fingerprint density at radius 1 is 1.25 bits per heavy atom. The number of aliphatic hydroxyl groups is 1. The van der Waals surface area contributed by atoms with E-state index in [0.29, 0.717) is 6.61 Å². The number of aliphatic hydroxyl groups excluding tert-OH is 1. The van der Waals surface area contributed by atoms with Crippen molar-refractivity contribution in [3.8, 4) is 0 Å². The Balaban J connectivity index is 1.83. The van der Waals surface area contributed by atoms with E-state index >= 15 is 0 Å². The first-order valence-electron chi connectivity index (χ1n) is 5.28. The highest BCUT2D eigenvalue weighted by atomic mass is 16.2. The molecule has 2 aliphatic heterocycles. The van der Waals surface area contributed by atoms with Crippen LogP contribution in [0.4, 0.5) is 0 Å². The first-order valence-corrected chi connectivity index (χ1v) is 5.28. The van der Waals surface area contributed by atoms with Crippen molar-refractivity contribution in [2.24, 2.45) is 0 Å². The lowest BCUT2D eigenvalue weighted by molar-refractivity contribution is 0.211. The molecular weight excluding hydrogens is 150 g/mol. The van der Waals surface area contributed by atoms with Crippen molar-refractivity contribution in [1.29, 1.82) is 0 Å². The lowest BCUT2D eigenvalue weighted by Gasteiger charge is -2.23. The predicted molar refractivity (Wildman–Crippen MR) is 49.1 cm³/mol. The first kappa shape index (κ1) is 8.52. The maximum atomic E-state index is 8.75. The van der Waals surface area contributed by atoms with E-state index in [4.69, 9.17) is 5.11 Å². The van der Waals surface area contributed by atoms with Crippen molar-refractivity contribution in [2.45, 2.75) is 50.6 Å². The van der Waals surface area contributed by atoms with Gasteiger partial charge in [-0.05, 0) is 45.1 Å². The molecule has 12 heavy (non-hydrogen) atoms. The molecule has 2 heterocycles. The van der Waals surface area contributed by atoms with Gasteiger partial charge in [0.25, 0.3) is 0 Å². The van der Waals surface area contributed by atoms with Crippen LogP contribution in [0.25, 0.3) is 0 Å². The van der Waals surface area contributed by atoms with E-state index < -0.39 is 0 Å². The highest BCUT2D eigenvalue weighted by Gasteiger charge is 2.35. The standard InChI is InChI=1S/C10H19NO/c12-8-2-4-10-6-5-9-3-1-7-11(9)10/h9-10,12H,1-8H2. The average molecular weight is 169 g/mol. The van der Waals surface area contributed by atoms with E-state index in [1.807, 2.05) is 0 Å². The quantitative estimate of drug-likeness (QED) is 0.690. The first-order chi connectivity index (χ1) is 5.92. The Kier molecular flexibility index (Phi) is 2.66. The Morgan fingerprint density at radius 2 is 2.17 bits per heavy atom. The zero-order valence-corrected chi connectivity index (χ0v) is 7.71. The molecule has 2 nitrogen and oxygen atoms in total. The summed E-state index contributed by atoms with van der Waals surface area (Å²) in [4.78, 5) is 2.68. The van der Waals surface area contributed by atoms with Crippen LogP contribution in [0.2, 0.25) is 0 Å². The van der Waals surface area contributed by atoms with E-state index in [1.54, 1.807) is 0 Å². The zero-order valence-electron chi connectivity index (χ0n) is 7.71. The van der Waals surface area contributed by atoms with Crippen LogP contribution in [0.1, 0.15) is 38.5 Å². The van der Waals surface area contributed by atoms with Gasteiger partial charge in [-0.2, -0.15) is 0 Å². The molecule has 2 aliphatic rings. The van der Waals surface area contributed by atoms with Crippen LogP contribution in [0, 0.1) is 0 Å². The third-order valence-corrected chi connectivity index (χ3v) is 3.42. The van der Waals surface area contributed by atoms with Gasteiger partial charge in [-0.25, -0.2) is 0 Å². The predicted octanol–water partition coefficient (Wildman–Crippen LogP) is 1.39. The molecule has 0 aromatic rings. The molecule has 0 amide bonds. The van der Waals surface area contributed by atoms with Crippen molar-refractivity contribution >= 4 is 0 Å². The summed E-state index contributed by atoms with van der Waals surface area (Å²) in [5.74, 6) is 0. The molecule has 70 valence electrons. The molecule has 2 fully saturated rings. The molecule has 2 rings (SSSR count). The molecule has 0 aliphatic carbocycles. The SMILES string of the molecule is OCCCC1CCC2CCCN12. The number of hydrogen-bond acceptors (Lipinski definition) is 2. The number of hydrogen-bond donors (Lipinski definition) is 1. The lowest BCUT2D eigenvalue weighted by atomic mass is 10.1. The van der Waals surface area contributed by atoms with Gasteiger partial charge < -0.3 is 5.11 Å². The Labute approximate surface area is 74.6 Å². The van der Waals surface area contributed by atoms with Crippen molar-refractivity contribution in [2.75, 3.05) is 13.2 Å². The van der Waals surface area contributed by atoms with Gasteiger partial charge in [-0.3, -0.25) is 4.90 Å². The second kappa shape index (κ2) is 3.75. The normalized spacial score (nSPS) is 35.8. The van der Waals surface area contributed by atoms with Crippen LogP contribution in [0.3, 0.4) is 0 Å². The summed E-state index contributed by atoms with van der Waals surface area (Å²) in [6, 6.07) is 1.72. The van der Waals surface area contributed by atoms with Gasteiger partial charge in [0, 0.05) is 18.7 Å². The minimum Gasteiger partial charge on any atom is -0.396 e. The molecule has 0 aromatic carbocycles. The van der Waals surface area contributed by atoms with Gasteiger partial charge in [0.05, 0.1) is 0 Å². The highest BCUT2D eigenvalue weighted by Crippen LogP contribution is 2.34. The van der Waals surface area contributed by atoms with Gasteiger partial charge in [-0.1, -0.05) is 0 Å². The van der Waals surface area contributed by atoms with Crippen LogP contribution < -0.4 is 0 Å². The average Bonchev–Trinajstić information content (AvgIpc) is 2.62. The van der Waals surface area contributed by atoms with Crippen molar-refractivity contribution in [3.05, 3.63) is 0 Å². The molecule has 0 spiro atoms. The van der Waals surface area contributed by atoms with Crippen molar-refractivity contribution < 1.29 is 5.11 Å². The van der Waals surface area contributed by atoms with Gasteiger partial charge in [0.2, 0.25) is 0 Å². The van der Waals surface area contributed by atoms with E-state index in [2.05, 4.69) is 4.90 Å². The summed E-state index contributed by atoms with van der Waals surface area (Å²) >= 11 is 0. The van der Waals surface area contributed by atoms with Crippen LogP contribution >= 0.6 is 0 Å². The summed E-state index contributed by atoms with van der Waals surface area (Å²) in [7, 11) is 0. The number of nitrogens with zero attached hydrogens (tertiary/aromatic N) is 1. The van der Waals surface area contributed by atoms with Gasteiger partial charge >= 0.3 is 0 Å². The van der Waals surface area contributed by atoms with Gasteiger partial charge in [0.1, 0.15) is 0 Å². The summed E-state index contributed by atoms with van der Waals surface area (Å²) in [6.45, 7) is 1.69. The highest BCUT2D eigenvalue weighted by molar-refractivity contribution is 4.91. The fourth-order valence-electron chi connectivity index (χ4n) is 2.84. The summed E-state index contributed by atoms with van der Waals surface area (Å²) in [6.07, 6.45) is 7.83. The van der Waals surface area contributed by atoms with Crippen LogP contribution in [-0.2, 0) is 0 Å². The monoisotopic (exact) mass is 169 g/mol. The summed E-state index contributed by atoms with van der Waals surface area (Å²) < 4.78 is 0. The molecule has 0 radical (unpaired) electrons. The maximum Gasteiger partial charge on any atom is 0.0431 e. The summed E-state index contributed by atoms with van der Waals surface area (Å²) in [5.41, 5.74) is 0. The Morgan fingerprint density at radius 3 is 3.00 bits per heavy atom. The third-order valence-electron chi connectivity index (χ3n) is 3.42. The minimum atomic E-state index is 0.370. The lowest BCUT2D eigenvalue weighted by Crippen LogP contribution is -2.31. The molecule has 2 saturated heterocycles. The van der Waals surface area contributed by atoms with E-state index in [9.17, 15) is 0 Å². The molecule has 0 saturated carbocycles. The molecule has 0 bridgehead atoms. The molecule has 2 atom stereocenters. The second-order valence-corrected chi connectivity index (χ2v) is 4.13. The van der Waals surface area contributed by atoms with Crippen LogP contribution in [0.15, 0.2) is 0 Å². The van der Waals surface area contributed by atoms with Gasteiger partial charge in [-0.15, -0.1) is 0 Å². The van der Waals surface area contributed by atoms with Crippen molar-refractivity contribution in [3.63, 3.8) is 0 Å². The molecule has 2 heteroatoms. The Bertz CT molecular complexity index is 149. The van der Waals surface area contributed by atoms with E-state index in [-0.39, 0.29) is 0 Å². The molecule has 1 N–H and O–H groups in total. The fourth-order valence-corrected chi connectivity index (χ4v) is 2.84. The molecule has 0 aromatic heterocycles. The molecular formula is C10H19NO. The maximum absolute atomic E-state index is 8.75. The zero-order chi connectivity index (χ0) is 8.39. The number of fused-ring (bicyclic) bond motifs is 1. The minimum absolute atomic E-state index is 0.370. The largest absolute Gasteiger partial charge is 0.396 e. The summed E-state index contributed by atoms with van der Waals surface area (Å²) in [5, 5.41) is 8.75. The molecule has 2 unspecified atom stereocenters. The van der Waals surface area contributed by atoms with E-state index in [1.165, 1.54) is 38.6 Å². The third kappa shape index (κ3) is 1.50. The van der Waals surface area contributed by atoms with Gasteiger partial charge in [0.15, 0.2) is 0 Å². The smallest absolute Gasteiger partial charge is 0.0431 e. The topological polar surface area (TPSA) is 23.5 Å². The van der Waals surface area contributed by atoms with Crippen LogP contribution in [0.5, 0.6) is 0 Å². The number of rotatable bonds is 3. The Hall–Kier alpha value is -0.0800. The van der Waals surface area contributed by atoms with E-state index in [0.717, 1.165) is 18.5 Å². The fraction of sp³-hybridized carbons (Fsp3) is 1.00.